The van der Waals surface area contributed by atoms with Crippen LogP contribution in [0.25, 0.3) is 0 Å². The molecule has 2 nitrogen and oxygen atoms in total. The van der Waals surface area contributed by atoms with Crippen LogP contribution in [0.15, 0.2) is 53.8 Å². The molecule has 0 spiro atoms. The highest BCUT2D eigenvalue weighted by Crippen LogP contribution is 2.41. The first-order chi connectivity index (χ1) is 9.36. The van der Waals surface area contributed by atoms with Crippen LogP contribution in [0.2, 0.25) is 0 Å². The second-order valence-electron chi connectivity index (χ2n) is 5.17. The van der Waals surface area contributed by atoms with E-state index in [1.807, 2.05) is 30.3 Å². The van der Waals surface area contributed by atoms with Crippen molar-refractivity contribution < 1.29 is 9.53 Å². The van der Waals surface area contributed by atoms with Gasteiger partial charge in [-0.1, -0.05) is 36.4 Å². The molecule has 0 saturated heterocycles. The Hall–Kier alpha value is -1.83. The lowest BCUT2D eigenvalue weighted by Gasteiger charge is -2.14. The van der Waals surface area contributed by atoms with E-state index in [0.29, 0.717) is 12.5 Å². The SMILES string of the molecule is O=C(C1=C/OCCC/C=C\1C1CC1)c1ccccc1. The number of hydrogen-bond acceptors (Lipinski definition) is 2. The number of ether oxygens (including phenoxy) is 1. The van der Waals surface area contributed by atoms with Crippen LogP contribution in [-0.4, -0.2) is 12.4 Å². The lowest BCUT2D eigenvalue weighted by atomic mass is 9.93. The molecule has 3 rings (SSSR count). The Bertz CT molecular complexity index is 521. The smallest absolute Gasteiger partial charge is 0.196 e. The molecule has 1 aliphatic carbocycles. The van der Waals surface area contributed by atoms with E-state index in [9.17, 15) is 4.79 Å². The summed E-state index contributed by atoms with van der Waals surface area (Å²) < 4.78 is 5.51. The van der Waals surface area contributed by atoms with Gasteiger partial charge in [-0.15, -0.1) is 0 Å². The number of ketones is 1. The Balaban J connectivity index is 1.93. The molecule has 2 aliphatic rings. The third-order valence-electron chi connectivity index (χ3n) is 3.64. The van der Waals surface area contributed by atoms with Gasteiger partial charge in [0.15, 0.2) is 5.78 Å². The van der Waals surface area contributed by atoms with Gasteiger partial charge in [-0.3, -0.25) is 4.79 Å². The molecule has 2 heteroatoms. The molecule has 1 aromatic carbocycles. The maximum atomic E-state index is 12.6. The minimum Gasteiger partial charge on any atom is -0.500 e. The van der Waals surface area contributed by atoms with Crippen molar-refractivity contribution in [3.8, 4) is 0 Å². The van der Waals surface area contributed by atoms with Gasteiger partial charge in [0.05, 0.1) is 18.4 Å². The highest BCUT2D eigenvalue weighted by atomic mass is 16.5. The highest BCUT2D eigenvalue weighted by Gasteiger charge is 2.31. The van der Waals surface area contributed by atoms with Crippen LogP contribution >= 0.6 is 0 Å². The van der Waals surface area contributed by atoms with E-state index < -0.39 is 0 Å². The fourth-order valence-electron chi connectivity index (χ4n) is 2.46. The average Bonchev–Trinajstić information content (AvgIpc) is 3.23. The van der Waals surface area contributed by atoms with Crippen molar-refractivity contribution in [3.63, 3.8) is 0 Å². The lowest BCUT2D eigenvalue weighted by molar-refractivity contribution is 0.102. The van der Waals surface area contributed by atoms with Crippen LogP contribution in [0.4, 0.5) is 0 Å². The molecule has 1 fully saturated rings. The number of rotatable bonds is 3. The van der Waals surface area contributed by atoms with Crippen LogP contribution in [-0.2, 0) is 4.74 Å². The molecule has 0 bridgehead atoms. The van der Waals surface area contributed by atoms with Gasteiger partial charge in [0.2, 0.25) is 0 Å². The third kappa shape index (κ3) is 2.78. The van der Waals surface area contributed by atoms with Gasteiger partial charge in [-0.2, -0.15) is 0 Å². The van der Waals surface area contributed by atoms with Gasteiger partial charge in [0, 0.05) is 5.56 Å². The summed E-state index contributed by atoms with van der Waals surface area (Å²) in [6, 6.07) is 9.46. The van der Waals surface area contributed by atoms with Gasteiger partial charge in [0.25, 0.3) is 0 Å². The Kier molecular flexibility index (Phi) is 3.49. The third-order valence-corrected chi connectivity index (χ3v) is 3.64. The first kappa shape index (κ1) is 12.2. The predicted molar refractivity (Wildman–Crippen MR) is 74.8 cm³/mol. The van der Waals surface area contributed by atoms with Crippen LogP contribution in [0.3, 0.4) is 0 Å². The van der Waals surface area contributed by atoms with Crippen molar-refractivity contribution in [3.05, 3.63) is 59.4 Å². The summed E-state index contributed by atoms with van der Waals surface area (Å²) in [6.45, 7) is 0.694. The van der Waals surface area contributed by atoms with Crippen LogP contribution in [0, 0.1) is 5.92 Å². The summed E-state index contributed by atoms with van der Waals surface area (Å²) in [5.41, 5.74) is 2.70. The first-order valence-electron chi connectivity index (χ1n) is 6.98. The number of hydrogen-bond donors (Lipinski definition) is 0. The Morgan fingerprint density at radius 1 is 1.16 bits per heavy atom. The van der Waals surface area contributed by atoms with E-state index in [1.54, 1.807) is 6.26 Å². The second-order valence-corrected chi connectivity index (χ2v) is 5.17. The quantitative estimate of drug-likeness (QED) is 0.765. The van der Waals surface area contributed by atoms with Crippen molar-refractivity contribution >= 4 is 5.78 Å². The summed E-state index contributed by atoms with van der Waals surface area (Å²) in [5.74, 6) is 0.654. The molecule has 0 aromatic heterocycles. The molecule has 0 unspecified atom stereocenters. The van der Waals surface area contributed by atoms with E-state index >= 15 is 0 Å². The molecule has 1 aromatic rings. The minimum atomic E-state index is 0.0839. The van der Waals surface area contributed by atoms with Crippen molar-refractivity contribution in [2.75, 3.05) is 6.61 Å². The zero-order valence-corrected chi connectivity index (χ0v) is 11.0. The average molecular weight is 254 g/mol. The van der Waals surface area contributed by atoms with Crippen molar-refractivity contribution in [2.45, 2.75) is 25.7 Å². The van der Waals surface area contributed by atoms with E-state index in [-0.39, 0.29) is 5.78 Å². The fraction of sp³-hybridized carbons (Fsp3) is 0.353. The molecular weight excluding hydrogens is 236 g/mol. The van der Waals surface area contributed by atoms with Crippen LogP contribution < -0.4 is 0 Å². The lowest BCUT2D eigenvalue weighted by Crippen LogP contribution is -2.10. The van der Waals surface area contributed by atoms with Crippen LogP contribution in [0.1, 0.15) is 36.0 Å². The zero-order chi connectivity index (χ0) is 13.1. The topological polar surface area (TPSA) is 26.3 Å². The van der Waals surface area contributed by atoms with Gasteiger partial charge in [-0.25, -0.2) is 0 Å². The molecule has 19 heavy (non-hydrogen) atoms. The number of carbonyl (C=O) groups excluding carboxylic acids is 1. The van der Waals surface area contributed by atoms with Gasteiger partial charge in [0.1, 0.15) is 0 Å². The maximum Gasteiger partial charge on any atom is 0.196 e. The largest absolute Gasteiger partial charge is 0.500 e. The normalized spacial score (nSPS) is 25.1. The summed E-state index contributed by atoms with van der Waals surface area (Å²) in [5, 5.41) is 0. The van der Waals surface area contributed by atoms with E-state index in [4.69, 9.17) is 4.74 Å². The maximum absolute atomic E-state index is 12.6. The number of Topliss-reactive ketones (excluding diaryl/α,β-unsaturated/α-hetero) is 1. The summed E-state index contributed by atoms with van der Waals surface area (Å²) in [6.07, 6.45) is 8.35. The van der Waals surface area contributed by atoms with Crippen LogP contribution in [0.5, 0.6) is 0 Å². The summed E-state index contributed by atoms with van der Waals surface area (Å²) >= 11 is 0. The molecule has 1 heterocycles. The van der Waals surface area contributed by atoms with Crippen molar-refractivity contribution in [1.29, 1.82) is 0 Å². The Morgan fingerprint density at radius 2 is 1.95 bits per heavy atom. The summed E-state index contributed by atoms with van der Waals surface area (Å²) in [4.78, 5) is 12.6. The molecule has 98 valence electrons. The fourth-order valence-corrected chi connectivity index (χ4v) is 2.46. The zero-order valence-electron chi connectivity index (χ0n) is 11.0. The predicted octanol–water partition coefficient (Wildman–Crippen LogP) is 3.90. The molecule has 0 radical (unpaired) electrons. The van der Waals surface area contributed by atoms with E-state index in [2.05, 4.69) is 6.08 Å². The molecule has 0 atom stereocenters. The standard InChI is InChI=1S/C17H18O2/c18-17(14-6-2-1-3-7-14)16-12-19-11-5-4-8-15(16)13-9-10-13/h1-3,6-8,12-13H,4-5,9-11H2/b15-8-,16-12+. The number of carbonyl (C=O) groups is 1. The number of benzene rings is 1. The molecule has 0 amide bonds. The second kappa shape index (κ2) is 5.43. The summed E-state index contributed by atoms with van der Waals surface area (Å²) in [7, 11) is 0. The van der Waals surface area contributed by atoms with Crippen molar-refractivity contribution in [1.82, 2.24) is 0 Å². The monoisotopic (exact) mass is 254 g/mol. The van der Waals surface area contributed by atoms with E-state index in [0.717, 1.165) is 24.0 Å². The molecule has 1 saturated carbocycles. The first-order valence-corrected chi connectivity index (χ1v) is 6.98. The molecule has 1 aliphatic heterocycles. The van der Waals surface area contributed by atoms with Crippen molar-refractivity contribution in [2.24, 2.45) is 5.92 Å². The highest BCUT2D eigenvalue weighted by molar-refractivity contribution is 6.11. The molecular formula is C17H18O2. The van der Waals surface area contributed by atoms with Gasteiger partial charge in [-0.05, 0) is 37.2 Å². The Labute approximate surface area is 113 Å². The molecule has 0 N–H and O–H groups in total. The van der Waals surface area contributed by atoms with Gasteiger partial charge < -0.3 is 4.74 Å². The minimum absolute atomic E-state index is 0.0839. The Morgan fingerprint density at radius 3 is 2.68 bits per heavy atom. The van der Waals surface area contributed by atoms with E-state index in [1.165, 1.54) is 18.4 Å². The number of allylic oxidation sites excluding steroid dienone is 3. The van der Waals surface area contributed by atoms with Gasteiger partial charge >= 0.3 is 0 Å².